The molecule has 2 aliphatic heterocycles. The van der Waals surface area contributed by atoms with Crippen LogP contribution in [-0.4, -0.2) is 60.4 Å². The molecule has 40 heavy (non-hydrogen) atoms. The summed E-state index contributed by atoms with van der Waals surface area (Å²) < 4.78 is 11.7. The average molecular weight is 582 g/mol. The molecule has 0 saturated carbocycles. The van der Waals surface area contributed by atoms with E-state index >= 15 is 0 Å². The van der Waals surface area contributed by atoms with Crippen LogP contribution in [0.4, 0.5) is 0 Å². The Morgan fingerprint density at radius 3 is 2.17 bits per heavy atom. The van der Waals surface area contributed by atoms with Crippen LogP contribution in [0.3, 0.4) is 0 Å². The number of carbonyl (C=O) groups excluding carboxylic acids is 1. The molecule has 0 aliphatic carbocycles. The number of halogens is 1. The first-order chi connectivity index (χ1) is 19.1. The Balaban J connectivity index is 0.000000557. The fraction of sp³-hybridized carbons (Fsp3) is 0.344. The second-order valence-corrected chi connectivity index (χ2v) is 11.0. The minimum Gasteiger partial charge on any atom is -0.508 e. The molecule has 0 radical (unpaired) electrons. The predicted molar refractivity (Wildman–Crippen MR) is 164 cm³/mol. The molecule has 3 heterocycles. The largest absolute Gasteiger partial charge is 0.508 e. The van der Waals surface area contributed by atoms with Crippen molar-refractivity contribution in [2.45, 2.75) is 32.1 Å². The Morgan fingerprint density at radius 2 is 1.52 bits per heavy atom. The summed E-state index contributed by atoms with van der Waals surface area (Å²) in [4.78, 5) is 16.9. The lowest BCUT2D eigenvalue weighted by atomic mass is 9.97. The van der Waals surface area contributed by atoms with Crippen molar-refractivity contribution in [1.82, 2.24) is 4.90 Å². The van der Waals surface area contributed by atoms with Gasteiger partial charge in [0.05, 0.1) is 0 Å². The van der Waals surface area contributed by atoms with E-state index in [9.17, 15) is 15.0 Å². The van der Waals surface area contributed by atoms with Gasteiger partial charge in [0.2, 0.25) is 0 Å². The van der Waals surface area contributed by atoms with Gasteiger partial charge in [0.1, 0.15) is 23.9 Å². The van der Waals surface area contributed by atoms with E-state index in [-0.39, 0.29) is 29.7 Å². The van der Waals surface area contributed by atoms with Gasteiger partial charge in [-0.05, 0) is 111 Å². The average Bonchev–Trinajstić information content (AvgIpc) is 3.66. The maximum Gasteiger partial charge on any atom is 0.195 e. The number of likely N-dealkylation sites (tertiary alicyclic amines) is 1. The van der Waals surface area contributed by atoms with Crippen molar-refractivity contribution < 1.29 is 24.5 Å². The third-order valence-corrected chi connectivity index (χ3v) is 8.30. The van der Waals surface area contributed by atoms with Crippen LogP contribution in [0.25, 0.3) is 20.5 Å². The summed E-state index contributed by atoms with van der Waals surface area (Å²) in [6, 6.07) is 19.2. The maximum atomic E-state index is 13.6. The summed E-state index contributed by atoms with van der Waals surface area (Å²) in [6.45, 7) is 5.85. The number of phenolic OH excluding ortho intramolecular Hbond substituents is 2. The number of thiophene rings is 1. The van der Waals surface area contributed by atoms with Gasteiger partial charge in [-0.25, -0.2) is 0 Å². The fourth-order valence-corrected chi connectivity index (χ4v) is 6.20. The summed E-state index contributed by atoms with van der Waals surface area (Å²) in [5.41, 5.74) is 2.03. The zero-order valence-electron chi connectivity index (χ0n) is 22.5. The molecule has 2 aliphatic rings. The van der Waals surface area contributed by atoms with Crippen LogP contribution in [-0.2, 0) is 4.74 Å². The number of ketones is 1. The number of phenols is 2. The monoisotopic (exact) mass is 581 g/mol. The van der Waals surface area contributed by atoms with E-state index in [2.05, 4.69) is 4.90 Å². The Labute approximate surface area is 245 Å². The van der Waals surface area contributed by atoms with E-state index in [4.69, 9.17) is 9.47 Å². The zero-order valence-corrected chi connectivity index (χ0v) is 24.1. The van der Waals surface area contributed by atoms with Crippen LogP contribution in [0.15, 0.2) is 66.7 Å². The number of hydrogen-bond donors (Lipinski definition) is 2. The van der Waals surface area contributed by atoms with Gasteiger partial charge in [-0.2, -0.15) is 0 Å². The van der Waals surface area contributed by atoms with Crippen LogP contribution in [0.5, 0.6) is 17.2 Å². The number of ether oxygens (including phenoxy) is 2. The van der Waals surface area contributed by atoms with Crippen molar-refractivity contribution in [2.75, 3.05) is 39.5 Å². The predicted octanol–water partition coefficient (Wildman–Crippen LogP) is 7.29. The van der Waals surface area contributed by atoms with Crippen molar-refractivity contribution in [3.8, 4) is 27.7 Å². The van der Waals surface area contributed by atoms with Crippen LogP contribution < -0.4 is 4.74 Å². The number of rotatable bonds is 7. The first-order valence-electron chi connectivity index (χ1n) is 13.7. The standard InChI is InChI=1S/C28H27NO4S.C4H8O.ClH/c30-21-8-4-20(5-9-21)28-26(24-13-10-22(31)18-25(24)34-28)27(32)19-6-11-23(12-7-19)33-17-16-29-14-2-1-3-15-29;1-2-4-5-3-1;/h4-13,18,30-31H,1-3,14-17H2;1-4H2;1H. The quantitative estimate of drug-likeness (QED) is 0.223. The Kier molecular flexibility index (Phi) is 10.8. The first-order valence-corrected chi connectivity index (χ1v) is 14.5. The molecule has 0 bridgehead atoms. The van der Waals surface area contributed by atoms with Gasteiger partial charge >= 0.3 is 0 Å². The minimum atomic E-state index is -0.0834. The normalized spacial score (nSPS) is 15.2. The van der Waals surface area contributed by atoms with E-state index in [0.717, 1.165) is 59.1 Å². The number of fused-ring (bicyclic) bond motifs is 1. The van der Waals surface area contributed by atoms with Crippen LogP contribution in [0.2, 0.25) is 0 Å². The number of benzene rings is 3. The van der Waals surface area contributed by atoms with Gasteiger partial charge in [0.15, 0.2) is 5.78 Å². The number of hydrogen-bond acceptors (Lipinski definition) is 7. The van der Waals surface area contributed by atoms with Crippen molar-refractivity contribution >= 4 is 39.6 Å². The van der Waals surface area contributed by atoms with Crippen LogP contribution in [0.1, 0.15) is 48.0 Å². The number of carbonyl (C=O) groups is 1. The van der Waals surface area contributed by atoms with Gasteiger partial charge in [-0.3, -0.25) is 9.69 Å². The van der Waals surface area contributed by atoms with Crippen molar-refractivity contribution in [1.29, 1.82) is 0 Å². The molecule has 0 atom stereocenters. The van der Waals surface area contributed by atoms with Crippen LogP contribution in [0, 0.1) is 0 Å². The summed E-state index contributed by atoms with van der Waals surface area (Å²) >= 11 is 1.46. The lowest BCUT2D eigenvalue weighted by molar-refractivity contribution is 0.104. The molecule has 212 valence electrons. The third-order valence-electron chi connectivity index (χ3n) is 7.10. The Bertz CT molecular complexity index is 1370. The van der Waals surface area contributed by atoms with E-state index in [1.807, 2.05) is 24.3 Å². The van der Waals surface area contributed by atoms with E-state index in [0.29, 0.717) is 17.7 Å². The third kappa shape index (κ3) is 7.55. The van der Waals surface area contributed by atoms with Crippen molar-refractivity contribution in [2.24, 2.45) is 0 Å². The molecule has 0 amide bonds. The first kappa shape index (κ1) is 29.9. The molecule has 6 nitrogen and oxygen atoms in total. The highest BCUT2D eigenvalue weighted by Gasteiger charge is 2.22. The summed E-state index contributed by atoms with van der Waals surface area (Å²) in [5.74, 6) is 1.01. The smallest absolute Gasteiger partial charge is 0.195 e. The molecule has 2 fully saturated rings. The second-order valence-electron chi connectivity index (χ2n) is 9.96. The Morgan fingerprint density at radius 1 is 0.850 bits per heavy atom. The molecular formula is C32H36ClNO5S. The fourth-order valence-electron chi connectivity index (χ4n) is 4.96. The van der Waals surface area contributed by atoms with Gasteiger partial charge < -0.3 is 19.7 Å². The molecule has 3 aromatic carbocycles. The molecular weight excluding hydrogens is 546 g/mol. The zero-order chi connectivity index (χ0) is 27.0. The molecule has 0 spiro atoms. The molecule has 4 aromatic rings. The van der Waals surface area contributed by atoms with E-state index in [1.54, 1.807) is 42.5 Å². The highest BCUT2D eigenvalue weighted by atomic mass is 35.5. The number of piperidine rings is 1. The Hall–Kier alpha value is -3.10. The van der Waals surface area contributed by atoms with Gasteiger partial charge in [0.25, 0.3) is 0 Å². The van der Waals surface area contributed by atoms with Crippen molar-refractivity contribution in [3.05, 3.63) is 77.9 Å². The lowest BCUT2D eigenvalue weighted by Gasteiger charge is -2.26. The van der Waals surface area contributed by atoms with E-state index < -0.39 is 0 Å². The van der Waals surface area contributed by atoms with Crippen molar-refractivity contribution in [3.63, 3.8) is 0 Å². The molecule has 2 N–H and O–H groups in total. The van der Waals surface area contributed by atoms with Gasteiger partial charge in [0, 0.05) is 45.8 Å². The molecule has 1 aromatic heterocycles. The second kappa shape index (κ2) is 14.5. The number of aromatic hydroxyl groups is 2. The highest BCUT2D eigenvalue weighted by molar-refractivity contribution is 7.22. The molecule has 6 rings (SSSR count). The van der Waals surface area contributed by atoms with Gasteiger partial charge in [-0.15, -0.1) is 23.7 Å². The van der Waals surface area contributed by atoms with Crippen LogP contribution >= 0.6 is 23.7 Å². The van der Waals surface area contributed by atoms with Gasteiger partial charge in [-0.1, -0.05) is 6.42 Å². The number of nitrogens with zero attached hydrogens (tertiary/aromatic N) is 1. The molecule has 0 unspecified atom stereocenters. The minimum absolute atomic E-state index is 0. The molecule has 2 saturated heterocycles. The summed E-state index contributed by atoms with van der Waals surface area (Å²) in [6.07, 6.45) is 6.40. The molecule has 8 heteroatoms. The topological polar surface area (TPSA) is 79.2 Å². The SMILES string of the molecule is C1CCOC1.Cl.O=C(c1ccc(OCCN2CCCCC2)cc1)c1c(-c2ccc(O)cc2)sc2cc(O)ccc12. The summed E-state index contributed by atoms with van der Waals surface area (Å²) in [5, 5.41) is 20.4. The summed E-state index contributed by atoms with van der Waals surface area (Å²) in [7, 11) is 0. The maximum absolute atomic E-state index is 13.6. The van der Waals surface area contributed by atoms with E-state index in [1.165, 1.54) is 43.4 Å². The lowest BCUT2D eigenvalue weighted by Crippen LogP contribution is -2.33. The highest BCUT2D eigenvalue weighted by Crippen LogP contribution is 2.41.